The average Bonchev–Trinajstić information content (AvgIpc) is 3.12. The summed E-state index contributed by atoms with van der Waals surface area (Å²) in [5.74, 6) is 0.316. The van der Waals surface area contributed by atoms with Gasteiger partial charge >= 0.3 is 12.5 Å². The first-order valence-corrected chi connectivity index (χ1v) is 10.4. The predicted octanol–water partition coefficient (Wildman–Crippen LogP) is 4.35. The van der Waals surface area contributed by atoms with E-state index in [9.17, 15) is 18.0 Å². The second-order valence-electron chi connectivity index (χ2n) is 8.85. The molecule has 0 N–H and O–H groups in total. The van der Waals surface area contributed by atoms with Crippen molar-refractivity contribution < 1.29 is 27.4 Å². The summed E-state index contributed by atoms with van der Waals surface area (Å²) < 4.78 is 48.1. The lowest BCUT2D eigenvalue weighted by Gasteiger charge is -2.35. The Kier molecular flexibility index (Phi) is 6.56. The number of anilines is 1. The van der Waals surface area contributed by atoms with Crippen LogP contribution in [0.5, 0.6) is 5.88 Å². The highest BCUT2D eigenvalue weighted by atomic mass is 19.4. The molecule has 3 heterocycles. The van der Waals surface area contributed by atoms with Crippen molar-refractivity contribution >= 4 is 11.9 Å². The number of carbonyl (C=O) groups excluding carboxylic acids is 1. The van der Waals surface area contributed by atoms with Crippen molar-refractivity contribution in [1.82, 2.24) is 19.7 Å². The number of hydrogen-bond donors (Lipinski definition) is 0. The van der Waals surface area contributed by atoms with Gasteiger partial charge in [0.15, 0.2) is 5.82 Å². The Hall–Kier alpha value is -2.98. The van der Waals surface area contributed by atoms with Crippen LogP contribution in [0, 0.1) is 0 Å². The van der Waals surface area contributed by atoms with Crippen LogP contribution in [0.1, 0.15) is 46.2 Å². The molecule has 1 fully saturated rings. The van der Waals surface area contributed by atoms with Crippen molar-refractivity contribution in [2.45, 2.75) is 52.5 Å². The standard InChI is InChI=1S/C21H28F3N5O3/c1-14(2)16-12-17(27-8-10-28(11-9-27)19(30)32-20(3,4)5)26-29(16)15-6-7-18(25-13-15)31-21(22,23)24/h6-7,12-14H,8-11H2,1-5H3. The van der Waals surface area contributed by atoms with Gasteiger partial charge in [-0.15, -0.1) is 18.3 Å². The number of halogens is 3. The molecule has 8 nitrogen and oxygen atoms in total. The monoisotopic (exact) mass is 455 g/mol. The zero-order chi connectivity index (χ0) is 23.7. The molecule has 0 aromatic carbocycles. The number of pyridine rings is 1. The highest BCUT2D eigenvalue weighted by Crippen LogP contribution is 2.27. The Morgan fingerprint density at radius 3 is 2.25 bits per heavy atom. The first-order valence-electron chi connectivity index (χ1n) is 10.4. The zero-order valence-corrected chi connectivity index (χ0v) is 18.8. The minimum absolute atomic E-state index is 0.116. The van der Waals surface area contributed by atoms with Gasteiger partial charge in [-0.05, 0) is 32.8 Å². The summed E-state index contributed by atoms with van der Waals surface area (Å²) in [5, 5.41) is 4.66. The Morgan fingerprint density at radius 1 is 1.09 bits per heavy atom. The van der Waals surface area contributed by atoms with Crippen molar-refractivity contribution in [1.29, 1.82) is 0 Å². The number of carbonyl (C=O) groups is 1. The van der Waals surface area contributed by atoms with E-state index in [1.165, 1.54) is 12.3 Å². The molecule has 0 aliphatic carbocycles. The van der Waals surface area contributed by atoms with E-state index >= 15 is 0 Å². The molecule has 176 valence electrons. The summed E-state index contributed by atoms with van der Waals surface area (Å²) in [6.45, 7) is 11.7. The van der Waals surface area contributed by atoms with Gasteiger partial charge in [0.1, 0.15) is 5.60 Å². The van der Waals surface area contributed by atoms with Gasteiger partial charge in [0.05, 0.1) is 11.9 Å². The molecule has 2 aromatic rings. The number of hydrogen-bond acceptors (Lipinski definition) is 6. The Morgan fingerprint density at radius 2 is 1.75 bits per heavy atom. The first kappa shape index (κ1) is 23.7. The maximum atomic E-state index is 12.4. The van der Waals surface area contributed by atoms with Gasteiger partial charge in [-0.2, -0.15) is 0 Å². The van der Waals surface area contributed by atoms with Gasteiger partial charge in [-0.25, -0.2) is 14.5 Å². The molecule has 0 saturated carbocycles. The number of aromatic nitrogens is 3. The van der Waals surface area contributed by atoms with E-state index in [-0.39, 0.29) is 12.0 Å². The SMILES string of the molecule is CC(C)c1cc(N2CCN(C(=O)OC(C)(C)C)CC2)nn1-c1ccc(OC(F)(F)F)nc1. The number of ether oxygens (including phenoxy) is 2. The number of piperazine rings is 1. The van der Waals surface area contributed by atoms with Crippen molar-refractivity contribution in [3.63, 3.8) is 0 Å². The van der Waals surface area contributed by atoms with Gasteiger partial charge in [0.2, 0.25) is 5.88 Å². The lowest BCUT2D eigenvalue weighted by atomic mass is 10.1. The lowest BCUT2D eigenvalue weighted by Crippen LogP contribution is -2.50. The Balaban J connectivity index is 1.74. The molecule has 1 amide bonds. The molecule has 0 radical (unpaired) electrons. The molecular formula is C21H28F3N5O3. The average molecular weight is 455 g/mol. The Bertz CT molecular complexity index is 928. The van der Waals surface area contributed by atoms with E-state index in [4.69, 9.17) is 4.74 Å². The van der Waals surface area contributed by atoms with Gasteiger partial charge < -0.3 is 19.3 Å². The topological polar surface area (TPSA) is 72.7 Å². The van der Waals surface area contributed by atoms with E-state index < -0.39 is 17.8 Å². The van der Waals surface area contributed by atoms with Gasteiger partial charge in [-0.1, -0.05) is 13.8 Å². The first-order chi connectivity index (χ1) is 14.8. The molecule has 32 heavy (non-hydrogen) atoms. The summed E-state index contributed by atoms with van der Waals surface area (Å²) >= 11 is 0. The molecule has 0 bridgehead atoms. The van der Waals surface area contributed by atoms with Crippen LogP contribution in [-0.2, 0) is 4.74 Å². The second-order valence-corrected chi connectivity index (χ2v) is 8.85. The van der Waals surface area contributed by atoms with Crippen molar-refractivity contribution in [3.8, 4) is 11.6 Å². The normalized spacial score (nSPS) is 15.3. The quantitative estimate of drug-likeness (QED) is 0.683. The van der Waals surface area contributed by atoms with Crippen molar-refractivity contribution in [3.05, 3.63) is 30.1 Å². The van der Waals surface area contributed by atoms with Gasteiger partial charge in [-0.3, -0.25) is 0 Å². The van der Waals surface area contributed by atoms with Crippen LogP contribution >= 0.6 is 0 Å². The van der Waals surface area contributed by atoms with Crippen molar-refractivity contribution in [2.24, 2.45) is 0 Å². The molecular weight excluding hydrogens is 427 g/mol. The number of amides is 1. The van der Waals surface area contributed by atoms with Crippen LogP contribution in [0.25, 0.3) is 5.69 Å². The number of nitrogens with zero attached hydrogens (tertiary/aromatic N) is 5. The van der Waals surface area contributed by atoms with Crippen LogP contribution in [0.2, 0.25) is 0 Å². The molecule has 2 aromatic heterocycles. The molecule has 1 aliphatic heterocycles. The fourth-order valence-corrected chi connectivity index (χ4v) is 3.28. The van der Waals surface area contributed by atoms with Crippen LogP contribution in [0.3, 0.4) is 0 Å². The molecule has 0 atom stereocenters. The number of rotatable bonds is 4. The third kappa shape index (κ3) is 6.04. The molecule has 3 rings (SSSR count). The maximum Gasteiger partial charge on any atom is 0.574 e. The fraction of sp³-hybridized carbons (Fsp3) is 0.571. The number of alkyl halides is 3. The van der Waals surface area contributed by atoms with Crippen LogP contribution in [-0.4, -0.2) is 63.9 Å². The van der Waals surface area contributed by atoms with E-state index in [2.05, 4.69) is 19.7 Å². The highest BCUT2D eigenvalue weighted by molar-refractivity contribution is 5.68. The third-order valence-corrected chi connectivity index (χ3v) is 4.76. The van der Waals surface area contributed by atoms with Crippen LogP contribution < -0.4 is 9.64 Å². The summed E-state index contributed by atoms with van der Waals surface area (Å²) in [7, 11) is 0. The lowest BCUT2D eigenvalue weighted by molar-refractivity contribution is -0.276. The maximum absolute atomic E-state index is 12.4. The molecule has 11 heteroatoms. The minimum atomic E-state index is -4.79. The molecule has 1 saturated heterocycles. The predicted molar refractivity (Wildman–Crippen MR) is 112 cm³/mol. The fourth-order valence-electron chi connectivity index (χ4n) is 3.28. The van der Waals surface area contributed by atoms with Gasteiger partial charge in [0, 0.05) is 44.0 Å². The Labute approximate surface area is 184 Å². The summed E-state index contributed by atoms with van der Waals surface area (Å²) in [6.07, 6.45) is -3.83. The van der Waals surface area contributed by atoms with Crippen LogP contribution in [0.15, 0.2) is 24.4 Å². The molecule has 0 spiro atoms. The van der Waals surface area contributed by atoms with Crippen LogP contribution in [0.4, 0.5) is 23.8 Å². The minimum Gasteiger partial charge on any atom is -0.444 e. The largest absolute Gasteiger partial charge is 0.574 e. The van der Waals surface area contributed by atoms with E-state index in [1.54, 1.807) is 9.58 Å². The second kappa shape index (κ2) is 8.87. The van der Waals surface area contributed by atoms with E-state index in [0.717, 1.165) is 17.6 Å². The van der Waals surface area contributed by atoms with E-state index in [0.29, 0.717) is 31.9 Å². The summed E-state index contributed by atoms with van der Waals surface area (Å²) in [5.41, 5.74) is 0.871. The smallest absolute Gasteiger partial charge is 0.444 e. The zero-order valence-electron chi connectivity index (χ0n) is 18.8. The summed E-state index contributed by atoms with van der Waals surface area (Å²) in [6, 6.07) is 4.60. The van der Waals surface area contributed by atoms with Crippen molar-refractivity contribution in [2.75, 3.05) is 31.1 Å². The van der Waals surface area contributed by atoms with E-state index in [1.807, 2.05) is 40.7 Å². The van der Waals surface area contributed by atoms with Gasteiger partial charge in [0.25, 0.3) is 0 Å². The molecule has 1 aliphatic rings. The molecule has 0 unspecified atom stereocenters. The highest BCUT2D eigenvalue weighted by Gasteiger charge is 2.32. The summed E-state index contributed by atoms with van der Waals surface area (Å²) in [4.78, 5) is 19.8. The third-order valence-electron chi connectivity index (χ3n) is 4.76.